The molecular formula is C23H22ClN5O4. The zero-order chi connectivity index (χ0) is 23.1. The van der Waals surface area contributed by atoms with Crippen LogP contribution < -0.4 is 10.5 Å². The molecule has 1 fully saturated rings. The fourth-order valence-corrected chi connectivity index (χ4v) is 4.27. The molecule has 0 amide bonds. The summed E-state index contributed by atoms with van der Waals surface area (Å²) in [7, 11) is 1.60. The average Bonchev–Trinajstić information content (AvgIpc) is 3.36. The lowest BCUT2D eigenvalue weighted by Gasteiger charge is -2.15. The molecule has 0 aliphatic carbocycles. The van der Waals surface area contributed by atoms with Crippen molar-refractivity contribution in [2.45, 2.75) is 24.5 Å². The van der Waals surface area contributed by atoms with Gasteiger partial charge in [0, 0.05) is 22.7 Å². The van der Waals surface area contributed by atoms with E-state index in [0.717, 1.165) is 11.1 Å². The van der Waals surface area contributed by atoms with Crippen LogP contribution in [0.4, 0.5) is 0 Å². The van der Waals surface area contributed by atoms with Crippen molar-refractivity contribution in [1.29, 1.82) is 0 Å². The fourth-order valence-electron chi connectivity index (χ4n) is 4.08. The first-order chi connectivity index (χ1) is 16.0. The van der Waals surface area contributed by atoms with E-state index in [9.17, 15) is 10.2 Å². The van der Waals surface area contributed by atoms with Crippen LogP contribution in [0.25, 0.3) is 33.5 Å². The number of aromatic nitrogens is 4. The summed E-state index contributed by atoms with van der Waals surface area (Å²) in [6, 6.07) is 14.8. The van der Waals surface area contributed by atoms with Gasteiger partial charge < -0.3 is 25.4 Å². The van der Waals surface area contributed by atoms with Crippen molar-refractivity contribution in [2.24, 2.45) is 5.73 Å². The van der Waals surface area contributed by atoms with Crippen LogP contribution >= 0.6 is 11.6 Å². The molecule has 33 heavy (non-hydrogen) atoms. The molecule has 2 aromatic carbocycles. The van der Waals surface area contributed by atoms with Gasteiger partial charge in [0.1, 0.15) is 36.1 Å². The highest BCUT2D eigenvalue weighted by Crippen LogP contribution is 2.38. The average molecular weight is 468 g/mol. The number of hydrogen-bond donors (Lipinski definition) is 3. The van der Waals surface area contributed by atoms with Gasteiger partial charge in [-0.15, -0.1) is 0 Å². The molecule has 0 radical (unpaired) electrons. The van der Waals surface area contributed by atoms with E-state index in [1.165, 1.54) is 11.0 Å². The van der Waals surface area contributed by atoms with Gasteiger partial charge >= 0.3 is 0 Å². The number of halogens is 1. The zero-order valence-electron chi connectivity index (χ0n) is 17.7. The molecule has 10 heteroatoms. The van der Waals surface area contributed by atoms with Crippen LogP contribution in [0, 0.1) is 0 Å². The standard InChI is InChI=1S/C23H22ClN5O4/c1-32-15-7-5-12(6-8-15)19-17-18(13-3-2-4-14(24)9-13)26-11-27-22(17)29(28-19)23-21(31)20(30)16(10-25)33-23/h2-9,11,16,20-21,23,30-31H,10,25H2,1H3/t16-,20-,21-,23-/m1/s1. The normalized spacial score (nSPS) is 22.7. The number of aliphatic hydroxyl groups is 2. The lowest BCUT2D eigenvalue weighted by molar-refractivity contribution is -0.0391. The number of methoxy groups -OCH3 is 1. The Hall–Kier alpha value is -3.08. The Kier molecular flexibility index (Phi) is 5.73. The minimum Gasteiger partial charge on any atom is -0.497 e. The Labute approximate surface area is 194 Å². The first-order valence-corrected chi connectivity index (χ1v) is 10.7. The number of benzene rings is 2. The van der Waals surface area contributed by atoms with Crippen LogP contribution in [-0.2, 0) is 4.74 Å². The van der Waals surface area contributed by atoms with Crippen molar-refractivity contribution < 1.29 is 19.7 Å². The molecule has 9 nitrogen and oxygen atoms in total. The van der Waals surface area contributed by atoms with Gasteiger partial charge in [-0.2, -0.15) is 5.10 Å². The quantitative estimate of drug-likeness (QED) is 0.408. The molecule has 0 saturated carbocycles. The van der Waals surface area contributed by atoms with E-state index in [1.807, 2.05) is 42.5 Å². The summed E-state index contributed by atoms with van der Waals surface area (Å²) < 4.78 is 12.6. The van der Waals surface area contributed by atoms with E-state index in [0.29, 0.717) is 33.2 Å². The first kappa shape index (κ1) is 21.7. The Morgan fingerprint density at radius 3 is 2.52 bits per heavy atom. The smallest absolute Gasteiger partial charge is 0.181 e. The summed E-state index contributed by atoms with van der Waals surface area (Å²) in [5, 5.41) is 27.0. The van der Waals surface area contributed by atoms with Gasteiger partial charge in [0.05, 0.1) is 18.2 Å². The van der Waals surface area contributed by atoms with Crippen molar-refractivity contribution in [3.8, 4) is 28.3 Å². The molecule has 0 spiro atoms. The van der Waals surface area contributed by atoms with Crippen molar-refractivity contribution in [2.75, 3.05) is 13.7 Å². The first-order valence-electron chi connectivity index (χ1n) is 10.4. The zero-order valence-corrected chi connectivity index (χ0v) is 18.4. The SMILES string of the molecule is COc1ccc(-c2nn([C@@H]3O[C@H](CN)[C@@H](O)[C@H]3O)c3ncnc(-c4cccc(Cl)c4)c23)cc1. The van der Waals surface area contributed by atoms with Crippen LogP contribution in [0.5, 0.6) is 5.75 Å². The molecule has 4 atom stereocenters. The molecule has 1 aliphatic heterocycles. The minimum absolute atomic E-state index is 0.0576. The monoisotopic (exact) mass is 467 g/mol. The van der Waals surface area contributed by atoms with Gasteiger partial charge in [0.25, 0.3) is 0 Å². The van der Waals surface area contributed by atoms with Crippen molar-refractivity contribution in [3.63, 3.8) is 0 Å². The Morgan fingerprint density at radius 2 is 1.85 bits per heavy atom. The van der Waals surface area contributed by atoms with Crippen molar-refractivity contribution in [1.82, 2.24) is 19.7 Å². The number of rotatable bonds is 5. The van der Waals surface area contributed by atoms with Gasteiger partial charge in [0.15, 0.2) is 11.9 Å². The Bertz CT molecular complexity index is 1300. The third-order valence-corrected chi connectivity index (χ3v) is 6.00. The van der Waals surface area contributed by atoms with E-state index in [2.05, 4.69) is 9.97 Å². The van der Waals surface area contributed by atoms with Gasteiger partial charge in [-0.1, -0.05) is 23.7 Å². The molecule has 0 unspecified atom stereocenters. The largest absolute Gasteiger partial charge is 0.497 e. The van der Waals surface area contributed by atoms with Gasteiger partial charge in [-0.05, 0) is 36.4 Å². The number of fused-ring (bicyclic) bond motifs is 1. The molecule has 0 bridgehead atoms. The van der Waals surface area contributed by atoms with Crippen LogP contribution in [-0.4, -0.2) is 61.9 Å². The van der Waals surface area contributed by atoms with E-state index < -0.39 is 24.5 Å². The van der Waals surface area contributed by atoms with Crippen molar-refractivity contribution >= 4 is 22.6 Å². The Balaban J connectivity index is 1.75. The van der Waals surface area contributed by atoms with Crippen molar-refractivity contribution in [3.05, 3.63) is 59.9 Å². The maximum Gasteiger partial charge on any atom is 0.181 e. The molecule has 5 rings (SSSR count). The number of aliphatic hydroxyl groups excluding tert-OH is 2. The summed E-state index contributed by atoms with van der Waals surface area (Å²) in [6.07, 6.45) is -2.63. The van der Waals surface area contributed by atoms with Crippen LogP contribution in [0.3, 0.4) is 0 Å². The van der Waals surface area contributed by atoms with Gasteiger partial charge in [-0.25, -0.2) is 14.6 Å². The summed E-state index contributed by atoms with van der Waals surface area (Å²) >= 11 is 6.24. The van der Waals surface area contributed by atoms with E-state index in [1.54, 1.807) is 13.2 Å². The second kappa shape index (κ2) is 8.69. The van der Waals surface area contributed by atoms with E-state index in [-0.39, 0.29) is 6.54 Å². The topological polar surface area (TPSA) is 129 Å². The van der Waals surface area contributed by atoms with Crippen LogP contribution in [0.15, 0.2) is 54.9 Å². The highest BCUT2D eigenvalue weighted by Gasteiger charge is 2.44. The van der Waals surface area contributed by atoms with Crippen LogP contribution in [0.1, 0.15) is 6.23 Å². The summed E-state index contributed by atoms with van der Waals surface area (Å²) in [5.74, 6) is 0.706. The molecule has 4 aromatic rings. The predicted molar refractivity (Wildman–Crippen MR) is 123 cm³/mol. The molecule has 4 N–H and O–H groups in total. The number of nitrogens with zero attached hydrogens (tertiary/aromatic N) is 4. The third-order valence-electron chi connectivity index (χ3n) is 5.76. The second-order valence-electron chi connectivity index (χ2n) is 7.73. The fraction of sp³-hybridized carbons (Fsp3) is 0.261. The number of nitrogens with two attached hydrogens (primary N) is 1. The van der Waals surface area contributed by atoms with Crippen LogP contribution in [0.2, 0.25) is 5.02 Å². The number of hydrogen-bond acceptors (Lipinski definition) is 8. The molecular weight excluding hydrogens is 446 g/mol. The molecule has 3 heterocycles. The lowest BCUT2D eigenvalue weighted by atomic mass is 10.0. The predicted octanol–water partition coefficient (Wildman–Crippen LogP) is 2.40. The Morgan fingerprint density at radius 1 is 1.06 bits per heavy atom. The lowest BCUT2D eigenvalue weighted by Crippen LogP contribution is -2.35. The summed E-state index contributed by atoms with van der Waals surface area (Å²) in [6.45, 7) is 0.0576. The van der Waals surface area contributed by atoms with Gasteiger partial charge in [-0.3, -0.25) is 0 Å². The number of ether oxygens (including phenoxy) is 2. The molecule has 2 aromatic heterocycles. The molecule has 1 aliphatic rings. The van der Waals surface area contributed by atoms with E-state index >= 15 is 0 Å². The maximum atomic E-state index is 10.7. The maximum absolute atomic E-state index is 10.7. The second-order valence-corrected chi connectivity index (χ2v) is 8.17. The highest BCUT2D eigenvalue weighted by atomic mass is 35.5. The third kappa shape index (κ3) is 3.73. The van der Waals surface area contributed by atoms with Gasteiger partial charge in [0.2, 0.25) is 0 Å². The summed E-state index contributed by atoms with van der Waals surface area (Å²) in [4.78, 5) is 8.97. The molecule has 170 valence electrons. The minimum atomic E-state index is -1.23. The van der Waals surface area contributed by atoms with E-state index in [4.69, 9.17) is 31.9 Å². The summed E-state index contributed by atoms with van der Waals surface area (Å²) in [5.41, 5.74) is 8.94. The highest BCUT2D eigenvalue weighted by molar-refractivity contribution is 6.30. The molecule has 1 saturated heterocycles.